The molecule has 2 aromatic carbocycles. The lowest BCUT2D eigenvalue weighted by molar-refractivity contribution is -0.111. The van der Waals surface area contributed by atoms with Crippen molar-refractivity contribution in [2.45, 2.75) is 30.8 Å². The Kier molecular flexibility index (Phi) is 4.31. The van der Waals surface area contributed by atoms with Gasteiger partial charge in [0, 0.05) is 23.9 Å². The van der Waals surface area contributed by atoms with E-state index in [-0.39, 0.29) is 11.8 Å². The summed E-state index contributed by atoms with van der Waals surface area (Å²) in [7, 11) is 0. The quantitative estimate of drug-likeness (QED) is 0.790. The number of nitrogens with zero attached hydrogens (tertiary/aromatic N) is 1. The van der Waals surface area contributed by atoms with Crippen LogP contribution in [0.4, 0.5) is 0 Å². The zero-order chi connectivity index (χ0) is 16.4. The van der Waals surface area contributed by atoms with Gasteiger partial charge in [0.15, 0.2) is 0 Å². The first-order valence-corrected chi connectivity index (χ1v) is 8.88. The second kappa shape index (κ2) is 6.74. The molecule has 2 saturated heterocycles. The van der Waals surface area contributed by atoms with Gasteiger partial charge in [0.25, 0.3) is 0 Å². The summed E-state index contributed by atoms with van der Waals surface area (Å²) in [6, 6.07) is 21.7. The summed E-state index contributed by atoms with van der Waals surface area (Å²) in [4.78, 5) is 14.5. The van der Waals surface area contributed by atoms with Crippen LogP contribution in [0.15, 0.2) is 66.7 Å². The maximum Gasteiger partial charge on any atom is 0.125 e. The molecule has 24 heavy (non-hydrogen) atoms. The summed E-state index contributed by atoms with van der Waals surface area (Å²) in [5.74, 6) is 0.356. The van der Waals surface area contributed by atoms with Gasteiger partial charge in [-0.2, -0.15) is 0 Å². The number of carbonyl (C=O) groups excluding carboxylic acids is 1. The van der Waals surface area contributed by atoms with Gasteiger partial charge < -0.3 is 4.79 Å². The largest absolute Gasteiger partial charge is 0.303 e. The standard InChI is InChI=1S/C22H23NO/c24-16-19-20-12-7-15-23(20)21(14-13-17-8-3-1-4-9-17)22(19)18-10-5-2-6-11-18/h1-6,8-11,13-14,16,19-22H,7,12,15H2/b14-13+/t19-,20-,21-,22+/m1/s1. The highest BCUT2D eigenvalue weighted by atomic mass is 16.1. The van der Waals surface area contributed by atoms with Crippen LogP contribution in [0.2, 0.25) is 0 Å². The van der Waals surface area contributed by atoms with Crippen LogP contribution in [-0.4, -0.2) is 29.8 Å². The molecular weight excluding hydrogens is 294 g/mol. The van der Waals surface area contributed by atoms with Gasteiger partial charge in [-0.1, -0.05) is 72.8 Å². The molecule has 2 fully saturated rings. The van der Waals surface area contributed by atoms with Crippen molar-refractivity contribution in [3.05, 3.63) is 77.9 Å². The van der Waals surface area contributed by atoms with E-state index in [0.29, 0.717) is 12.1 Å². The molecule has 4 atom stereocenters. The monoisotopic (exact) mass is 317 g/mol. The Morgan fingerprint density at radius 1 is 0.958 bits per heavy atom. The van der Waals surface area contributed by atoms with Crippen LogP contribution in [0.25, 0.3) is 6.08 Å². The molecule has 0 amide bonds. The smallest absolute Gasteiger partial charge is 0.125 e. The Bertz CT molecular complexity index is 709. The Hall–Kier alpha value is -2.19. The number of hydrogen-bond acceptors (Lipinski definition) is 2. The number of fused-ring (bicyclic) bond motifs is 1. The molecule has 0 aliphatic carbocycles. The van der Waals surface area contributed by atoms with E-state index in [0.717, 1.165) is 13.0 Å². The van der Waals surface area contributed by atoms with Crippen molar-refractivity contribution in [2.75, 3.05) is 6.54 Å². The lowest BCUT2D eigenvalue weighted by Crippen LogP contribution is -2.32. The number of aldehydes is 1. The average Bonchev–Trinajstić information content (AvgIpc) is 3.22. The Balaban J connectivity index is 1.70. The second-order valence-corrected chi connectivity index (χ2v) is 6.86. The summed E-state index contributed by atoms with van der Waals surface area (Å²) in [5.41, 5.74) is 2.50. The summed E-state index contributed by atoms with van der Waals surface area (Å²) < 4.78 is 0. The van der Waals surface area contributed by atoms with E-state index >= 15 is 0 Å². The van der Waals surface area contributed by atoms with Gasteiger partial charge in [-0.15, -0.1) is 0 Å². The average molecular weight is 317 g/mol. The maximum atomic E-state index is 11.9. The predicted molar refractivity (Wildman–Crippen MR) is 97.7 cm³/mol. The lowest BCUT2D eigenvalue weighted by Gasteiger charge is -2.25. The molecule has 2 heteroatoms. The minimum atomic E-state index is 0.0975. The van der Waals surface area contributed by atoms with Crippen molar-refractivity contribution in [1.82, 2.24) is 4.90 Å². The van der Waals surface area contributed by atoms with Crippen LogP contribution >= 0.6 is 0 Å². The molecule has 2 aromatic rings. The Morgan fingerprint density at radius 2 is 1.67 bits per heavy atom. The number of benzene rings is 2. The van der Waals surface area contributed by atoms with Crippen LogP contribution in [-0.2, 0) is 4.79 Å². The summed E-state index contributed by atoms with van der Waals surface area (Å²) >= 11 is 0. The number of carbonyl (C=O) groups is 1. The van der Waals surface area contributed by atoms with Gasteiger partial charge in [0.1, 0.15) is 6.29 Å². The summed E-state index contributed by atoms with van der Waals surface area (Å²) in [6.45, 7) is 1.10. The van der Waals surface area contributed by atoms with E-state index in [4.69, 9.17) is 0 Å². The Morgan fingerprint density at radius 3 is 2.38 bits per heavy atom. The van der Waals surface area contributed by atoms with E-state index < -0.39 is 0 Å². The van der Waals surface area contributed by atoms with Crippen molar-refractivity contribution in [3.63, 3.8) is 0 Å². The molecule has 0 spiro atoms. The molecule has 0 radical (unpaired) electrons. The van der Waals surface area contributed by atoms with E-state index in [1.54, 1.807) is 0 Å². The van der Waals surface area contributed by atoms with Gasteiger partial charge >= 0.3 is 0 Å². The van der Waals surface area contributed by atoms with Crippen molar-refractivity contribution >= 4 is 12.4 Å². The highest BCUT2D eigenvalue weighted by Gasteiger charge is 2.49. The van der Waals surface area contributed by atoms with Crippen molar-refractivity contribution in [1.29, 1.82) is 0 Å². The normalized spacial score (nSPS) is 29.8. The van der Waals surface area contributed by atoms with Gasteiger partial charge in [0.05, 0.1) is 0 Å². The molecule has 2 nitrogen and oxygen atoms in total. The molecule has 122 valence electrons. The molecule has 2 aliphatic rings. The van der Waals surface area contributed by atoms with E-state index in [2.05, 4.69) is 65.6 Å². The zero-order valence-electron chi connectivity index (χ0n) is 13.8. The molecular formula is C22H23NO. The first-order chi connectivity index (χ1) is 11.9. The van der Waals surface area contributed by atoms with Crippen molar-refractivity contribution < 1.29 is 4.79 Å². The molecule has 0 aromatic heterocycles. The SMILES string of the molecule is O=C[C@H]1[C@H](c2ccccc2)[C@@H](/C=C/c2ccccc2)N2CCC[C@H]12. The van der Waals surface area contributed by atoms with E-state index in [9.17, 15) is 4.79 Å². The fourth-order valence-corrected chi connectivity index (χ4v) is 4.55. The molecule has 0 N–H and O–H groups in total. The first kappa shape index (κ1) is 15.3. The molecule has 0 bridgehead atoms. The van der Waals surface area contributed by atoms with Gasteiger partial charge in [-0.3, -0.25) is 4.90 Å². The predicted octanol–water partition coefficient (Wildman–Crippen LogP) is 4.15. The minimum Gasteiger partial charge on any atom is -0.303 e. The highest BCUT2D eigenvalue weighted by molar-refractivity contribution is 5.61. The first-order valence-electron chi connectivity index (χ1n) is 8.88. The third-order valence-electron chi connectivity index (χ3n) is 5.58. The molecule has 0 saturated carbocycles. The number of hydrogen-bond donors (Lipinski definition) is 0. The van der Waals surface area contributed by atoms with Crippen molar-refractivity contribution in [2.24, 2.45) is 5.92 Å². The van der Waals surface area contributed by atoms with Gasteiger partial charge in [-0.25, -0.2) is 0 Å². The third kappa shape index (κ3) is 2.71. The number of rotatable bonds is 4. The maximum absolute atomic E-state index is 11.9. The van der Waals surface area contributed by atoms with E-state index in [1.807, 2.05) is 12.1 Å². The summed E-state index contributed by atoms with van der Waals surface area (Å²) in [5, 5.41) is 0. The van der Waals surface area contributed by atoms with Gasteiger partial charge in [0.2, 0.25) is 0 Å². The highest BCUT2D eigenvalue weighted by Crippen LogP contribution is 2.46. The van der Waals surface area contributed by atoms with Crippen LogP contribution in [0, 0.1) is 5.92 Å². The Labute approximate surface area is 143 Å². The van der Waals surface area contributed by atoms with Crippen LogP contribution in [0.1, 0.15) is 29.9 Å². The minimum absolute atomic E-state index is 0.0975. The van der Waals surface area contributed by atoms with Crippen LogP contribution in [0.3, 0.4) is 0 Å². The molecule has 0 unspecified atom stereocenters. The topological polar surface area (TPSA) is 20.3 Å². The van der Waals surface area contributed by atoms with Crippen molar-refractivity contribution in [3.8, 4) is 0 Å². The molecule has 2 heterocycles. The lowest BCUT2D eigenvalue weighted by atomic mass is 9.81. The van der Waals surface area contributed by atoms with Crippen LogP contribution in [0.5, 0.6) is 0 Å². The molecule has 2 aliphatic heterocycles. The third-order valence-corrected chi connectivity index (χ3v) is 5.58. The van der Waals surface area contributed by atoms with E-state index in [1.165, 1.54) is 23.8 Å². The van der Waals surface area contributed by atoms with Crippen LogP contribution < -0.4 is 0 Å². The summed E-state index contributed by atoms with van der Waals surface area (Å²) in [6.07, 6.45) is 8.07. The fourth-order valence-electron chi connectivity index (χ4n) is 4.55. The zero-order valence-corrected chi connectivity index (χ0v) is 13.8. The molecule has 4 rings (SSSR count). The second-order valence-electron chi connectivity index (χ2n) is 6.86. The van der Waals surface area contributed by atoms with Gasteiger partial charge in [-0.05, 0) is 30.5 Å². The fraction of sp³-hybridized carbons (Fsp3) is 0.318.